The summed E-state index contributed by atoms with van der Waals surface area (Å²) in [6, 6.07) is 6.93. The number of nitrogens with one attached hydrogen (secondary N) is 2. The Bertz CT molecular complexity index is 843. The minimum atomic E-state index is -1.21. The van der Waals surface area contributed by atoms with Crippen LogP contribution in [0.15, 0.2) is 36.0 Å². The van der Waals surface area contributed by atoms with E-state index in [1.807, 2.05) is 25.1 Å². The smallest absolute Gasteiger partial charge is 0.268 e. The largest absolute Gasteiger partial charge is 0.368 e. The minimum absolute atomic E-state index is 0.126. The summed E-state index contributed by atoms with van der Waals surface area (Å²) in [5.74, 6) is -0.889. The van der Waals surface area contributed by atoms with Crippen LogP contribution in [-0.2, 0) is 19.1 Å². The highest BCUT2D eigenvalue weighted by molar-refractivity contribution is 6.30. The molecule has 2 amide bonds. The Morgan fingerprint density at radius 1 is 1.39 bits per heavy atom. The van der Waals surface area contributed by atoms with E-state index in [4.69, 9.17) is 32.5 Å². The van der Waals surface area contributed by atoms with Gasteiger partial charge in [-0.1, -0.05) is 23.7 Å². The maximum atomic E-state index is 12.8. The zero-order valence-corrected chi connectivity index (χ0v) is 18.5. The molecule has 0 saturated carbocycles. The summed E-state index contributed by atoms with van der Waals surface area (Å²) in [5.41, 5.74) is 14.7. The Balaban J connectivity index is 1.83. The van der Waals surface area contributed by atoms with Gasteiger partial charge in [0.1, 0.15) is 11.2 Å². The molecule has 170 valence electrons. The lowest BCUT2D eigenvalue weighted by molar-refractivity contribution is -0.189. The summed E-state index contributed by atoms with van der Waals surface area (Å²) in [7, 11) is 1.53. The summed E-state index contributed by atoms with van der Waals surface area (Å²) in [4.78, 5) is 25.1. The van der Waals surface area contributed by atoms with Crippen LogP contribution in [-0.4, -0.2) is 55.0 Å². The van der Waals surface area contributed by atoms with E-state index >= 15 is 0 Å². The fourth-order valence-electron chi connectivity index (χ4n) is 3.95. The van der Waals surface area contributed by atoms with E-state index in [2.05, 4.69) is 10.7 Å². The van der Waals surface area contributed by atoms with Gasteiger partial charge in [-0.2, -0.15) is 5.01 Å². The van der Waals surface area contributed by atoms with Crippen LogP contribution >= 0.6 is 11.6 Å². The molecular weight excluding hydrogens is 422 g/mol. The van der Waals surface area contributed by atoms with Crippen LogP contribution in [0.5, 0.6) is 0 Å². The number of rotatable bonds is 8. The Labute approximate surface area is 187 Å². The van der Waals surface area contributed by atoms with Gasteiger partial charge in [-0.3, -0.25) is 9.59 Å². The maximum Gasteiger partial charge on any atom is 0.268 e. The molecule has 0 bridgehead atoms. The monoisotopic (exact) mass is 451 g/mol. The van der Waals surface area contributed by atoms with Crippen molar-refractivity contribution < 1.29 is 19.1 Å². The van der Waals surface area contributed by atoms with Crippen LogP contribution in [0.2, 0.25) is 5.02 Å². The van der Waals surface area contributed by atoms with Gasteiger partial charge < -0.3 is 31.7 Å². The fraction of sp³-hybridized carbons (Fsp3) is 0.524. The molecule has 3 rings (SSSR count). The van der Waals surface area contributed by atoms with Crippen molar-refractivity contribution in [1.82, 2.24) is 15.8 Å². The second kappa shape index (κ2) is 9.97. The van der Waals surface area contributed by atoms with Gasteiger partial charge in [0.25, 0.3) is 5.91 Å². The first kappa shape index (κ1) is 23.5. The molecule has 0 radical (unpaired) electrons. The summed E-state index contributed by atoms with van der Waals surface area (Å²) in [6.45, 7) is 2.80. The molecule has 1 aromatic rings. The van der Waals surface area contributed by atoms with Gasteiger partial charge in [0.2, 0.25) is 5.91 Å². The summed E-state index contributed by atoms with van der Waals surface area (Å²) >= 11 is 6.17. The zero-order chi connectivity index (χ0) is 22.6. The SMILES string of the molecule is CNC(=O)C1=CC(CCCC2OCC(N)CO2)(C(N)=O)N([C@@H](C)c2cccc(Cl)c2)N1. The second-order valence-electron chi connectivity index (χ2n) is 7.89. The van der Waals surface area contributed by atoms with E-state index in [0.29, 0.717) is 37.5 Å². The number of hydrogen-bond donors (Lipinski definition) is 4. The fourth-order valence-corrected chi connectivity index (χ4v) is 4.15. The zero-order valence-electron chi connectivity index (χ0n) is 17.8. The molecular formula is C21H30ClN5O4. The van der Waals surface area contributed by atoms with Gasteiger partial charge in [-0.25, -0.2) is 0 Å². The van der Waals surface area contributed by atoms with Crippen molar-refractivity contribution >= 4 is 23.4 Å². The Morgan fingerprint density at radius 3 is 2.71 bits per heavy atom. The molecule has 0 spiro atoms. The number of amides is 2. The summed E-state index contributed by atoms with van der Waals surface area (Å²) in [5, 5.41) is 4.89. The van der Waals surface area contributed by atoms with E-state index < -0.39 is 11.4 Å². The van der Waals surface area contributed by atoms with Crippen molar-refractivity contribution in [3.63, 3.8) is 0 Å². The molecule has 0 aromatic heterocycles. The van der Waals surface area contributed by atoms with Crippen molar-refractivity contribution in [2.75, 3.05) is 20.3 Å². The van der Waals surface area contributed by atoms with Crippen molar-refractivity contribution in [1.29, 1.82) is 0 Å². The quantitative estimate of drug-likeness (QED) is 0.462. The number of halogens is 1. The first-order valence-electron chi connectivity index (χ1n) is 10.3. The lowest BCUT2D eigenvalue weighted by Crippen LogP contribution is -2.58. The number of carbonyl (C=O) groups is 2. The van der Waals surface area contributed by atoms with Crippen LogP contribution in [0.25, 0.3) is 0 Å². The minimum Gasteiger partial charge on any atom is -0.368 e. The number of likely N-dealkylation sites (N-methyl/N-ethyl adjacent to an activating group) is 1. The predicted molar refractivity (Wildman–Crippen MR) is 116 cm³/mol. The molecule has 10 heteroatoms. The molecule has 0 aliphatic carbocycles. The highest BCUT2D eigenvalue weighted by Crippen LogP contribution is 2.37. The van der Waals surface area contributed by atoms with Crippen molar-refractivity contribution in [3.05, 3.63) is 46.6 Å². The number of nitrogens with zero attached hydrogens (tertiary/aromatic N) is 1. The molecule has 1 fully saturated rings. The summed E-state index contributed by atoms with van der Waals surface area (Å²) in [6.07, 6.45) is 2.76. The predicted octanol–water partition coefficient (Wildman–Crippen LogP) is 0.946. The van der Waals surface area contributed by atoms with E-state index in [-0.39, 0.29) is 30.0 Å². The van der Waals surface area contributed by atoms with E-state index in [1.54, 1.807) is 17.2 Å². The molecule has 9 nitrogen and oxygen atoms in total. The highest BCUT2D eigenvalue weighted by atomic mass is 35.5. The second-order valence-corrected chi connectivity index (χ2v) is 8.32. The number of primary amides is 1. The number of carbonyl (C=O) groups excluding carboxylic acids is 2. The molecule has 1 unspecified atom stereocenters. The van der Waals surface area contributed by atoms with Crippen LogP contribution in [0, 0.1) is 0 Å². The van der Waals surface area contributed by atoms with Crippen LogP contribution < -0.4 is 22.2 Å². The van der Waals surface area contributed by atoms with E-state index in [9.17, 15) is 9.59 Å². The molecule has 31 heavy (non-hydrogen) atoms. The topological polar surface area (TPSA) is 132 Å². The molecule has 2 heterocycles. The third kappa shape index (κ3) is 5.19. The number of nitrogens with two attached hydrogens (primary N) is 2. The highest BCUT2D eigenvalue weighted by Gasteiger charge is 2.48. The van der Waals surface area contributed by atoms with Crippen molar-refractivity contribution in [3.8, 4) is 0 Å². The van der Waals surface area contributed by atoms with E-state index in [0.717, 1.165) is 5.56 Å². The lowest BCUT2D eigenvalue weighted by atomic mass is 9.88. The summed E-state index contributed by atoms with van der Waals surface area (Å²) < 4.78 is 11.2. The normalized spacial score (nSPS) is 27.3. The third-order valence-electron chi connectivity index (χ3n) is 5.66. The molecule has 1 aromatic carbocycles. The van der Waals surface area contributed by atoms with Crippen LogP contribution in [0.3, 0.4) is 0 Å². The van der Waals surface area contributed by atoms with Gasteiger partial charge in [0.05, 0.1) is 25.3 Å². The first-order chi connectivity index (χ1) is 14.8. The van der Waals surface area contributed by atoms with Crippen molar-refractivity contribution in [2.45, 2.75) is 50.1 Å². The van der Waals surface area contributed by atoms with Crippen molar-refractivity contribution in [2.24, 2.45) is 11.5 Å². The Morgan fingerprint density at radius 2 is 2.10 bits per heavy atom. The molecule has 1 saturated heterocycles. The standard InChI is InChI=1S/C21H30ClN5O4/c1-13(14-5-3-6-15(22)9-14)27-21(20(24)29,10-17(26-27)19(28)25-2)8-4-7-18-30-11-16(23)12-31-18/h3,5-6,9-10,13,16,18,26H,4,7-8,11-12,23H2,1-2H3,(H2,24,29)(H,25,28)/t13-,16?,18?,21?/m0/s1. The lowest BCUT2D eigenvalue weighted by Gasteiger charge is -2.39. The van der Waals surface area contributed by atoms with Gasteiger partial charge in [-0.05, 0) is 50.0 Å². The van der Waals surface area contributed by atoms with E-state index in [1.165, 1.54) is 7.05 Å². The molecule has 2 aliphatic rings. The van der Waals surface area contributed by atoms with Crippen LogP contribution in [0.1, 0.15) is 37.8 Å². The number of hydrazine groups is 1. The van der Waals surface area contributed by atoms with Gasteiger partial charge in [-0.15, -0.1) is 0 Å². The van der Waals surface area contributed by atoms with Gasteiger partial charge >= 0.3 is 0 Å². The number of benzene rings is 1. The molecule has 2 atom stereocenters. The average molecular weight is 452 g/mol. The molecule has 2 aliphatic heterocycles. The van der Waals surface area contributed by atoms with Crippen LogP contribution in [0.4, 0.5) is 0 Å². The number of hydrogen-bond acceptors (Lipinski definition) is 7. The Hall–Kier alpha value is -2.17. The third-order valence-corrected chi connectivity index (χ3v) is 5.90. The first-order valence-corrected chi connectivity index (χ1v) is 10.7. The average Bonchev–Trinajstić information content (AvgIpc) is 3.15. The number of ether oxygens (including phenoxy) is 2. The Kier molecular flexibility index (Phi) is 7.55. The van der Waals surface area contributed by atoms with Gasteiger partial charge in [0.15, 0.2) is 6.29 Å². The maximum absolute atomic E-state index is 12.8. The van der Waals surface area contributed by atoms with Gasteiger partial charge in [0, 0.05) is 12.1 Å². The molecule has 6 N–H and O–H groups in total.